The average molecular weight is 216 g/mol. The molecule has 4 nitrogen and oxygen atoms in total. The van der Waals surface area contributed by atoms with Crippen molar-refractivity contribution in [3.63, 3.8) is 0 Å². The fourth-order valence-electron chi connectivity index (χ4n) is 0.984. The molecule has 0 atom stereocenters. The molecular weight excluding hydrogens is 207 g/mol. The van der Waals surface area contributed by atoms with Crippen LogP contribution < -0.4 is 5.84 Å². The molecule has 14 heavy (non-hydrogen) atoms. The molecule has 0 heterocycles. The summed E-state index contributed by atoms with van der Waals surface area (Å²) in [6.45, 7) is 0. The Balaban J connectivity index is 3.28. The second kappa shape index (κ2) is 3.75. The molecule has 0 aliphatic rings. The van der Waals surface area contributed by atoms with Crippen molar-refractivity contribution in [3.8, 4) is 0 Å². The fraction of sp³-hybridized carbons (Fsp3) is 0.125. The van der Waals surface area contributed by atoms with Crippen molar-refractivity contribution >= 4 is 16.1 Å². The third-order valence-electron chi connectivity index (χ3n) is 1.58. The number of hydrazone groups is 1. The Bertz CT molecular complexity index is 468. The number of halogens is 1. The van der Waals surface area contributed by atoms with Gasteiger partial charge in [-0.25, -0.2) is 12.8 Å². The highest BCUT2D eigenvalue weighted by atomic mass is 32.2. The van der Waals surface area contributed by atoms with Crippen LogP contribution in [0.3, 0.4) is 0 Å². The smallest absolute Gasteiger partial charge is 0.178 e. The van der Waals surface area contributed by atoms with Gasteiger partial charge in [0.1, 0.15) is 10.7 Å². The van der Waals surface area contributed by atoms with Crippen molar-refractivity contribution < 1.29 is 12.8 Å². The Labute approximate surface area is 81.2 Å². The zero-order valence-electron chi connectivity index (χ0n) is 7.44. The van der Waals surface area contributed by atoms with Gasteiger partial charge in [-0.3, -0.25) is 0 Å². The van der Waals surface area contributed by atoms with E-state index in [2.05, 4.69) is 5.10 Å². The SMILES string of the molecule is CS(=O)(=O)c1ccc(C=NN)cc1F. The van der Waals surface area contributed by atoms with E-state index in [9.17, 15) is 12.8 Å². The van der Waals surface area contributed by atoms with Crippen LogP contribution in [0.2, 0.25) is 0 Å². The monoisotopic (exact) mass is 216 g/mol. The molecule has 0 fully saturated rings. The molecule has 0 unspecified atom stereocenters. The lowest BCUT2D eigenvalue weighted by atomic mass is 10.2. The van der Waals surface area contributed by atoms with Crippen molar-refractivity contribution in [2.24, 2.45) is 10.9 Å². The van der Waals surface area contributed by atoms with Crippen LogP contribution in [0, 0.1) is 5.82 Å². The maximum atomic E-state index is 13.2. The van der Waals surface area contributed by atoms with Gasteiger partial charge in [0.15, 0.2) is 9.84 Å². The van der Waals surface area contributed by atoms with E-state index in [1.165, 1.54) is 18.3 Å². The van der Waals surface area contributed by atoms with E-state index in [0.29, 0.717) is 5.56 Å². The lowest BCUT2D eigenvalue weighted by molar-refractivity contribution is 0.570. The van der Waals surface area contributed by atoms with Crippen LogP contribution in [-0.2, 0) is 9.84 Å². The summed E-state index contributed by atoms with van der Waals surface area (Å²) in [5, 5.41) is 3.20. The third kappa shape index (κ3) is 2.29. The van der Waals surface area contributed by atoms with Crippen molar-refractivity contribution in [1.29, 1.82) is 0 Å². The predicted octanol–water partition coefficient (Wildman–Crippen LogP) is 0.522. The van der Waals surface area contributed by atoms with Crippen LogP contribution in [0.25, 0.3) is 0 Å². The number of hydrogen-bond acceptors (Lipinski definition) is 4. The number of sulfone groups is 1. The van der Waals surface area contributed by atoms with E-state index in [0.717, 1.165) is 12.3 Å². The van der Waals surface area contributed by atoms with Gasteiger partial charge in [0.05, 0.1) is 6.21 Å². The highest BCUT2D eigenvalue weighted by Crippen LogP contribution is 2.14. The summed E-state index contributed by atoms with van der Waals surface area (Å²) >= 11 is 0. The third-order valence-corrected chi connectivity index (χ3v) is 2.71. The number of nitrogens with two attached hydrogens (primary N) is 1. The molecule has 0 radical (unpaired) electrons. The average Bonchev–Trinajstić information content (AvgIpc) is 2.02. The molecule has 0 amide bonds. The van der Waals surface area contributed by atoms with Gasteiger partial charge < -0.3 is 5.84 Å². The molecule has 6 heteroatoms. The van der Waals surface area contributed by atoms with Crippen molar-refractivity contribution in [2.45, 2.75) is 4.90 Å². The lowest BCUT2D eigenvalue weighted by Crippen LogP contribution is -2.01. The Morgan fingerprint density at radius 2 is 2.14 bits per heavy atom. The van der Waals surface area contributed by atoms with Gasteiger partial charge in [-0.1, -0.05) is 6.07 Å². The Morgan fingerprint density at radius 3 is 2.57 bits per heavy atom. The first-order valence-corrected chi connectivity index (χ1v) is 5.57. The van der Waals surface area contributed by atoms with E-state index in [4.69, 9.17) is 5.84 Å². The molecule has 0 spiro atoms. The van der Waals surface area contributed by atoms with Crippen LogP contribution >= 0.6 is 0 Å². The second-order valence-electron chi connectivity index (χ2n) is 2.74. The molecule has 76 valence electrons. The van der Waals surface area contributed by atoms with Gasteiger partial charge in [-0.05, 0) is 17.7 Å². The quantitative estimate of drug-likeness (QED) is 0.445. The summed E-state index contributed by atoms with van der Waals surface area (Å²) in [6, 6.07) is 3.67. The first-order valence-electron chi connectivity index (χ1n) is 3.68. The number of benzene rings is 1. The molecule has 1 aromatic carbocycles. The van der Waals surface area contributed by atoms with E-state index >= 15 is 0 Å². The minimum atomic E-state index is -3.52. The minimum absolute atomic E-state index is 0.327. The Morgan fingerprint density at radius 1 is 1.50 bits per heavy atom. The molecule has 0 aliphatic carbocycles. The van der Waals surface area contributed by atoms with Crippen LogP contribution in [0.5, 0.6) is 0 Å². The standard InChI is InChI=1S/C8H9FN2O2S/c1-14(12,13)8-3-2-6(5-11-10)4-7(8)9/h2-5H,10H2,1H3. The largest absolute Gasteiger partial charge is 0.323 e. The maximum absolute atomic E-state index is 13.2. The topological polar surface area (TPSA) is 72.5 Å². The van der Waals surface area contributed by atoms with Gasteiger partial charge in [0, 0.05) is 6.26 Å². The van der Waals surface area contributed by atoms with Crippen LogP contribution in [0.4, 0.5) is 4.39 Å². The normalized spacial score (nSPS) is 12.1. The molecule has 0 saturated carbocycles. The molecule has 1 rings (SSSR count). The zero-order valence-corrected chi connectivity index (χ0v) is 8.25. The predicted molar refractivity (Wildman–Crippen MR) is 51.3 cm³/mol. The van der Waals surface area contributed by atoms with E-state index in [1.54, 1.807) is 0 Å². The maximum Gasteiger partial charge on any atom is 0.178 e. The first-order chi connectivity index (χ1) is 6.45. The Hall–Kier alpha value is -1.43. The molecule has 0 aliphatic heterocycles. The van der Waals surface area contributed by atoms with Crippen molar-refractivity contribution in [1.82, 2.24) is 0 Å². The van der Waals surface area contributed by atoms with Gasteiger partial charge in [-0.15, -0.1) is 0 Å². The summed E-state index contributed by atoms with van der Waals surface area (Å²) in [5.41, 5.74) is 0.414. The highest BCUT2D eigenvalue weighted by molar-refractivity contribution is 7.90. The highest BCUT2D eigenvalue weighted by Gasteiger charge is 2.12. The van der Waals surface area contributed by atoms with Crippen molar-refractivity contribution in [3.05, 3.63) is 29.6 Å². The number of nitrogens with zero attached hydrogens (tertiary/aromatic N) is 1. The van der Waals surface area contributed by atoms with Crippen LogP contribution in [0.15, 0.2) is 28.2 Å². The lowest BCUT2D eigenvalue weighted by Gasteiger charge is -2.00. The van der Waals surface area contributed by atoms with Crippen molar-refractivity contribution in [2.75, 3.05) is 6.26 Å². The molecule has 2 N–H and O–H groups in total. The second-order valence-corrected chi connectivity index (χ2v) is 4.72. The summed E-state index contributed by atoms with van der Waals surface area (Å²) < 4.78 is 35.2. The molecule has 0 bridgehead atoms. The number of hydrogen-bond donors (Lipinski definition) is 1. The molecule has 1 aromatic rings. The van der Waals surface area contributed by atoms with E-state index in [1.807, 2.05) is 0 Å². The summed E-state index contributed by atoms with van der Waals surface area (Å²) in [4.78, 5) is -0.327. The molecule has 0 saturated heterocycles. The first kappa shape index (κ1) is 10.6. The zero-order chi connectivity index (χ0) is 10.8. The van der Waals surface area contributed by atoms with Gasteiger partial charge in [0.2, 0.25) is 0 Å². The van der Waals surface area contributed by atoms with Gasteiger partial charge >= 0.3 is 0 Å². The van der Waals surface area contributed by atoms with E-state index < -0.39 is 15.7 Å². The summed E-state index contributed by atoms with van der Waals surface area (Å²) in [5.74, 6) is 4.06. The van der Waals surface area contributed by atoms with Crippen LogP contribution in [0.1, 0.15) is 5.56 Å². The van der Waals surface area contributed by atoms with E-state index in [-0.39, 0.29) is 4.90 Å². The molecule has 0 aromatic heterocycles. The minimum Gasteiger partial charge on any atom is -0.323 e. The summed E-state index contributed by atoms with van der Waals surface area (Å²) in [6.07, 6.45) is 2.18. The summed E-state index contributed by atoms with van der Waals surface area (Å²) in [7, 11) is -3.52. The fourth-order valence-corrected chi connectivity index (χ4v) is 1.71. The Kier molecular flexibility index (Phi) is 2.85. The van der Waals surface area contributed by atoms with Gasteiger partial charge in [0.25, 0.3) is 0 Å². The van der Waals surface area contributed by atoms with Gasteiger partial charge in [-0.2, -0.15) is 5.10 Å². The number of rotatable bonds is 2. The van der Waals surface area contributed by atoms with Crippen LogP contribution in [-0.4, -0.2) is 20.9 Å². The molecular formula is C8H9FN2O2S.